The fourth-order valence-electron chi connectivity index (χ4n) is 4.28. The Labute approximate surface area is 222 Å². The Morgan fingerprint density at radius 1 is 0.895 bits per heavy atom. The molecule has 3 aromatic rings. The van der Waals surface area contributed by atoms with Gasteiger partial charge in [-0.2, -0.15) is 0 Å². The first-order valence-electron chi connectivity index (χ1n) is 12.5. The summed E-state index contributed by atoms with van der Waals surface area (Å²) in [5.41, 5.74) is 1.43. The zero-order valence-corrected chi connectivity index (χ0v) is 21.9. The molecule has 202 valence electrons. The molecule has 3 rings (SSSR count). The molecule has 0 saturated carbocycles. The van der Waals surface area contributed by atoms with Gasteiger partial charge in [0, 0.05) is 18.5 Å². The van der Waals surface area contributed by atoms with Crippen LogP contribution in [0, 0.1) is 24.0 Å². The van der Waals surface area contributed by atoms with Crippen molar-refractivity contribution in [3.63, 3.8) is 0 Å². The van der Waals surface area contributed by atoms with E-state index in [0.717, 1.165) is 0 Å². The van der Waals surface area contributed by atoms with Crippen LogP contribution < -0.4 is 4.74 Å². The van der Waals surface area contributed by atoms with Crippen molar-refractivity contribution < 1.29 is 28.9 Å². The molecule has 2 aromatic carbocycles. The van der Waals surface area contributed by atoms with E-state index in [0.29, 0.717) is 48.2 Å². The summed E-state index contributed by atoms with van der Waals surface area (Å²) in [7, 11) is 1.53. The number of aryl methyl sites for hydroxylation is 2. The molecule has 0 radical (unpaired) electrons. The molecule has 1 unspecified atom stereocenters. The fourth-order valence-corrected chi connectivity index (χ4v) is 4.28. The van der Waals surface area contributed by atoms with Gasteiger partial charge in [0.25, 0.3) is 5.09 Å². The predicted octanol–water partition coefficient (Wildman–Crippen LogP) is 4.74. The quantitative estimate of drug-likeness (QED) is 0.120. The Morgan fingerprint density at radius 2 is 1.42 bits per heavy atom. The normalized spacial score (nSPS) is 12.0. The summed E-state index contributed by atoms with van der Waals surface area (Å²) in [5, 5.41) is 9.44. The third-order valence-electron chi connectivity index (χ3n) is 5.98. The van der Waals surface area contributed by atoms with E-state index in [9.17, 15) is 14.9 Å². The second-order valence-corrected chi connectivity index (χ2v) is 8.74. The van der Waals surface area contributed by atoms with Crippen LogP contribution in [0.25, 0.3) is 0 Å². The second-order valence-electron chi connectivity index (χ2n) is 8.74. The van der Waals surface area contributed by atoms with Gasteiger partial charge in [-0.3, -0.25) is 0 Å². The van der Waals surface area contributed by atoms with Crippen LogP contribution in [0.1, 0.15) is 48.2 Å². The SMILES string of the molecule is COC(c1ccccc1)(c1ccccc1)C(Oc1nc(C)cc(C)n1)C(=O)OCCCCCCO[N+](=O)[O-]. The lowest BCUT2D eigenvalue weighted by atomic mass is 9.81. The van der Waals surface area contributed by atoms with Gasteiger partial charge in [0.2, 0.25) is 6.10 Å². The third kappa shape index (κ3) is 7.48. The average Bonchev–Trinajstić information content (AvgIpc) is 2.90. The lowest BCUT2D eigenvalue weighted by Crippen LogP contribution is -2.51. The van der Waals surface area contributed by atoms with E-state index >= 15 is 0 Å². The fraction of sp³-hybridized carbons (Fsp3) is 0.393. The van der Waals surface area contributed by atoms with Crippen molar-refractivity contribution in [3.05, 3.63) is 99.4 Å². The van der Waals surface area contributed by atoms with Gasteiger partial charge in [-0.15, -0.1) is 10.1 Å². The number of carbonyl (C=O) groups excluding carboxylic acids is 1. The first-order chi connectivity index (χ1) is 18.4. The Hall–Kier alpha value is -4.05. The highest BCUT2D eigenvalue weighted by atomic mass is 16.9. The van der Waals surface area contributed by atoms with Gasteiger partial charge in [-0.25, -0.2) is 14.8 Å². The average molecular weight is 524 g/mol. The van der Waals surface area contributed by atoms with Crippen LogP contribution in [0.4, 0.5) is 0 Å². The molecule has 1 heterocycles. The van der Waals surface area contributed by atoms with Gasteiger partial charge in [0.05, 0.1) is 13.2 Å². The molecule has 0 amide bonds. The number of methoxy groups -OCH3 is 1. The molecule has 1 atom stereocenters. The van der Waals surface area contributed by atoms with Crippen molar-refractivity contribution in [2.75, 3.05) is 20.3 Å². The molecule has 10 heteroatoms. The van der Waals surface area contributed by atoms with Crippen molar-refractivity contribution >= 4 is 5.97 Å². The third-order valence-corrected chi connectivity index (χ3v) is 5.98. The van der Waals surface area contributed by atoms with Crippen molar-refractivity contribution in [1.29, 1.82) is 0 Å². The number of esters is 1. The highest BCUT2D eigenvalue weighted by Gasteiger charge is 2.50. The van der Waals surface area contributed by atoms with Gasteiger partial charge < -0.3 is 19.0 Å². The van der Waals surface area contributed by atoms with Crippen molar-refractivity contribution in [3.8, 4) is 6.01 Å². The predicted molar refractivity (Wildman–Crippen MR) is 139 cm³/mol. The second kappa shape index (κ2) is 14.0. The Balaban J connectivity index is 1.89. The molecule has 0 bridgehead atoms. The molecular weight excluding hydrogens is 490 g/mol. The van der Waals surface area contributed by atoms with E-state index < -0.39 is 22.8 Å². The zero-order chi connectivity index (χ0) is 27.4. The summed E-state index contributed by atoms with van der Waals surface area (Å²) in [6.07, 6.45) is 1.27. The summed E-state index contributed by atoms with van der Waals surface area (Å²) in [6, 6.07) is 20.6. The number of rotatable bonds is 15. The molecule has 10 nitrogen and oxygen atoms in total. The molecule has 0 aliphatic heterocycles. The monoisotopic (exact) mass is 523 g/mol. The minimum Gasteiger partial charge on any atom is -0.463 e. The maximum atomic E-state index is 13.7. The number of aromatic nitrogens is 2. The largest absolute Gasteiger partial charge is 0.463 e. The summed E-state index contributed by atoms with van der Waals surface area (Å²) in [6.45, 7) is 3.84. The van der Waals surface area contributed by atoms with E-state index in [4.69, 9.17) is 14.2 Å². The van der Waals surface area contributed by atoms with Crippen LogP contribution in [-0.2, 0) is 24.7 Å². The van der Waals surface area contributed by atoms with Crippen LogP contribution >= 0.6 is 0 Å². The molecule has 1 aromatic heterocycles. The van der Waals surface area contributed by atoms with Crippen molar-refractivity contribution in [2.45, 2.75) is 51.2 Å². The van der Waals surface area contributed by atoms with Gasteiger partial charge >= 0.3 is 12.0 Å². The molecule has 0 aliphatic carbocycles. The molecule has 0 spiro atoms. The van der Waals surface area contributed by atoms with Gasteiger partial charge in [0.1, 0.15) is 0 Å². The number of ether oxygens (including phenoxy) is 3. The summed E-state index contributed by atoms with van der Waals surface area (Å²) in [5.74, 6) is -0.626. The lowest BCUT2D eigenvalue weighted by molar-refractivity contribution is -0.757. The Kier molecular flexibility index (Phi) is 10.5. The van der Waals surface area contributed by atoms with E-state index in [2.05, 4.69) is 14.8 Å². The van der Waals surface area contributed by atoms with Crippen LogP contribution in [0.5, 0.6) is 6.01 Å². The first kappa shape index (κ1) is 28.5. The highest BCUT2D eigenvalue weighted by molar-refractivity contribution is 5.78. The van der Waals surface area contributed by atoms with Gasteiger partial charge in [-0.1, -0.05) is 67.1 Å². The summed E-state index contributed by atoms with van der Waals surface area (Å²) < 4.78 is 18.1. The summed E-state index contributed by atoms with van der Waals surface area (Å²) >= 11 is 0. The molecule has 0 saturated heterocycles. The van der Waals surface area contributed by atoms with Gasteiger partial charge in [0.15, 0.2) is 5.60 Å². The highest BCUT2D eigenvalue weighted by Crippen LogP contribution is 2.39. The molecule has 0 aliphatic rings. The Bertz CT molecular complexity index is 1120. The molecular formula is C28H33N3O7. The van der Waals surface area contributed by atoms with E-state index in [-0.39, 0.29) is 19.2 Å². The maximum Gasteiger partial charge on any atom is 0.351 e. The van der Waals surface area contributed by atoms with Crippen LogP contribution in [0.15, 0.2) is 66.7 Å². The standard InChI is InChI=1S/C28H33N3O7/c1-21-20-22(2)30-27(29-21)38-25(26(32)36-18-12-4-5-13-19-37-31(33)34)28(35-3,23-14-8-6-9-15-23)24-16-10-7-11-17-24/h6-11,14-17,20,25H,4-5,12-13,18-19H2,1-3H3. The number of unbranched alkanes of at least 4 members (excludes halogenated alkanes) is 3. The lowest BCUT2D eigenvalue weighted by Gasteiger charge is -2.38. The van der Waals surface area contributed by atoms with Gasteiger partial charge in [-0.05, 0) is 50.3 Å². The van der Waals surface area contributed by atoms with Crippen LogP contribution in [-0.4, -0.2) is 47.5 Å². The molecule has 38 heavy (non-hydrogen) atoms. The zero-order valence-electron chi connectivity index (χ0n) is 21.9. The van der Waals surface area contributed by atoms with E-state index in [1.54, 1.807) is 0 Å². The minimum absolute atomic E-state index is 0.0448. The molecule has 0 fully saturated rings. The van der Waals surface area contributed by atoms with E-state index in [1.165, 1.54) is 7.11 Å². The van der Waals surface area contributed by atoms with Crippen molar-refractivity contribution in [1.82, 2.24) is 9.97 Å². The topological polar surface area (TPSA) is 123 Å². The Morgan fingerprint density at radius 3 is 1.92 bits per heavy atom. The number of nitrogens with zero attached hydrogens (tertiary/aromatic N) is 3. The number of hydrogen-bond acceptors (Lipinski definition) is 9. The first-order valence-corrected chi connectivity index (χ1v) is 12.5. The van der Waals surface area contributed by atoms with Crippen LogP contribution in [0.3, 0.4) is 0 Å². The van der Waals surface area contributed by atoms with E-state index in [1.807, 2.05) is 80.6 Å². The smallest absolute Gasteiger partial charge is 0.351 e. The number of benzene rings is 2. The molecule has 0 N–H and O–H groups in total. The van der Waals surface area contributed by atoms with Crippen molar-refractivity contribution in [2.24, 2.45) is 0 Å². The number of hydrogen-bond donors (Lipinski definition) is 0. The summed E-state index contributed by atoms with van der Waals surface area (Å²) in [4.78, 5) is 37.0. The maximum absolute atomic E-state index is 13.7. The minimum atomic E-state index is -1.36. The van der Waals surface area contributed by atoms with Crippen LogP contribution in [0.2, 0.25) is 0 Å². The number of carbonyl (C=O) groups is 1.